The first kappa shape index (κ1) is 31.1. The summed E-state index contributed by atoms with van der Waals surface area (Å²) in [5, 5.41) is 11.8. The van der Waals surface area contributed by atoms with E-state index in [1.54, 1.807) is 0 Å². The highest BCUT2D eigenvalue weighted by molar-refractivity contribution is 6.31. The first-order chi connectivity index (χ1) is 29.3. The second-order valence-electron chi connectivity index (χ2n) is 15.6. The van der Waals surface area contributed by atoms with Crippen LogP contribution in [0.1, 0.15) is 0 Å². The molecule has 0 amide bonds. The van der Waals surface area contributed by atoms with Crippen LogP contribution in [-0.2, 0) is 0 Å². The predicted octanol–water partition coefficient (Wildman–Crippen LogP) is 14.8. The zero-order valence-corrected chi connectivity index (χ0v) is 31.6. The van der Waals surface area contributed by atoms with Crippen LogP contribution in [0.5, 0.6) is 0 Å². The number of rotatable bonds is 3. The van der Waals surface area contributed by atoms with Gasteiger partial charge in [0.15, 0.2) is 0 Å². The standard InChI is InChI=1S/C54H31N3O2/c1-2-12-32(13-3-1)57-53-37(24-26-45-51(53)39-16-4-8-18-43(39)55(45)33-22-28-49-41(30-33)35-14-6-10-20-47(35)58-49)38-25-27-46-52(54(38)57)40-17-5-9-19-44(40)56(46)34-23-29-50-42(31-34)36-15-7-11-21-48(36)59-50/h1-31H. The van der Waals surface area contributed by atoms with Crippen molar-refractivity contribution in [3.63, 3.8) is 0 Å². The molecular weight excluding hydrogens is 723 g/mol. The molecule has 274 valence electrons. The Morgan fingerprint density at radius 3 is 1.19 bits per heavy atom. The van der Waals surface area contributed by atoms with E-state index in [4.69, 9.17) is 8.83 Å². The number of benzene rings is 9. The molecule has 0 spiro atoms. The van der Waals surface area contributed by atoms with Crippen LogP contribution in [0.2, 0.25) is 0 Å². The van der Waals surface area contributed by atoms with Crippen molar-refractivity contribution in [2.45, 2.75) is 0 Å². The van der Waals surface area contributed by atoms with Crippen molar-refractivity contribution in [1.29, 1.82) is 0 Å². The average Bonchev–Trinajstić information content (AvgIpc) is 4.09. The number of furan rings is 2. The van der Waals surface area contributed by atoms with Crippen molar-refractivity contribution in [2.24, 2.45) is 0 Å². The molecule has 0 bridgehead atoms. The zero-order chi connectivity index (χ0) is 38.3. The first-order valence-electron chi connectivity index (χ1n) is 20.1. The molecule has 0 aliphatic carbocycles. The highest BCUT2D eigenvalue weighted by Crippen LogP contribution is 2.46. The van der Waals surface area contributed by atoms with Crippen molar-refractivity contribution >= 4 is 109 Å². The third-order valence-electron chi connectivity index (χ3n) is 12.6. The largest absolute Gasteiger partial charge is 0.456 e. The van der Waals surface area contributed by atoms with Crippen molar-refractivity contribution in [2.75, 3.05) is 0 Å². The van der Waals surface area contributed by atoms with Gasteiger partial charge in [-0.3, -0.25) is 0 Å². The lowest BCUT2D eigenvalue weighted by atomic mass is 10.1. The topological polar surface area (TPSA) is 41.1 Å². The maximum Gasteiger partial charge on any atom is 0.135 e. The van der Waals surface area contributed by atoms with Gasteiger partial charge in [0, 0.05) is 70.9 Å². The zero-order valence-electron chi connectivity index (χ0n) is 31.6. The second kappa shape index (κ2) is 11.3. The summed E-state index contributed by atoms with van der Waals surface area (Å²) in [5.74, 6) is 0. The van der Waals surface area contributed by atoms with Crippen LogP contribution in [0.25, 0.3) is 126 Å². The first-order valence-corrected chi connectivity index (χ1v) is 20.1. The smallest absolute Gasteiger partial charge is 0.135 e. The van der Waals surface area contributed by atoms with Gasteiger partial charge in [0.1, 0.15) is 22.3 Å². The number of nitrogens with zero attached hydrogens (tertiary/aromatic N) is 3. The average molecular weight is 754 g/mol. The number of aromatic nitrogens is 3. The number of fused-ring (bicyclic) bond motifs is 17. The van der Waals surface area contributed by atoms with E-state index in [0.29, 0.717) is 0 Å². The Balaban J connectivity index is 1.13. The minimum atomic E-state index is 0.892. The maximum atomic E-state index is 6.27. The monoisotopic (exact) mass is 753 g/mol. The molecule has 0 N–H and O–H groups in total. The molecule has 0 aliphatic heterocycles. The highest BCUT2D eigenvalue weighted by Gasteiger charge is 2.25. The molecule has 14 rings (SSSR count). The van der Waals surface area contributed by atoms with Crippen molar-refractivity contribution in [3.05, 3.63) is 188 Å². The fourth-order valence-corrected chi connectivity index (χ4v) is 10.2. The quantitative estimate of drug-likeness (QED) is 0.180. The van der Waals surface area contributed by atoms with Gasteiger partial charge in [-0.25, -0.2) is 0 Å². The van der Waals surface area contributed by atoms with E-state index in [-0.39, 0.29) is 0 Å². The Bertz CT molecular complexity index is 3830. The Labute approximate surface area is 335 Å². The summed E-state index contributed by atoms with van der Waals surface area (Å²) >= 11 is 0. The highest BCUT2D eigenvalue weighted by atomic mass is 16.3. The predicted molar refractivity (Wildman–Crippen MR) is 244 cm³/mol. The van der Waals surface area contributed by atoms with Gasteiger partial charge in [0.2, 0.25) is 0 Å². The summed E-state index contributed by atoms with van der Waals surface area (Å²) in [6.45, 7) is 0. The molecule has 5 aromatic heterocycles. The van der Waals surface area contributed by atoms with E-state index in [2.05, 4.69) is 177 Å². The van der Waals surface area contributed by atoms with Gasteiger partial charge in [-0.05, 0) is 84.9 Å². The summed E-state index contributed by atoms with van der Waals surface area (Å²) in [5.41, 5.74) is 14.0. The van der Waals surface area contributed by atoms with Crippen molar-refractivity contribution < 1.29 is 8.83 Å². The molecule has 0 saturated heterocycles. The third-order valence-corrected chi connectivity index (χ3v) is 12.6. The fourth-order valence-electron chi connectivity index (χ4n) is 10.2. The summed E-state index contributed by atoms with van der Waals surface area (Å²) in [7, 11) is 0. The molecule has 0 atom stereocenters. The van der Waals surface area contributed by atoms with Crippen LogP contribution in [-0.4, -0.2) is 13.7 Å². The van der Waals surface area contributed by atoms with Crippen molar-refractivity contribution in [3.8, 4) is 17.1 Å². The molecule has 0 aliphatic rings. The van der Waals surface area contributed by atoms with Gasteiger partial charge in [-0.2, -0.15) is 0 Å². The van der Waals surface area contributed by atoms with Crippen LogP contribution in [0.15, 0.2) is 197 Å². The lowest BCUT2D eigenvalue weighted by Gasteiger charge is -2.11. The molecule has 5 heteroatoms. The lowest BCUT2D eigenvalue weighted by Crippen LogP contribution is -1.96. The number of hydrogen-bond donors (Lipinski definition) is 0. The molecule has 0 unspecified atom stereocenters. The van der Waals surface area contributed by atoms with E-state index >= 15 is 0 Å². The minimum Gasteiger partial charge on any atom is -0.456 e. The van der Waals surface area contributed by atoms with Crippen LogP contribution >= 0.6 is 0 Å². The van der Waals surface area contributed by atoms with Crippen LogP contribution in [0, 0.1) is 0 Å². The van der Waals surface area contributed by atoms with Crippen LogP contribution in [0.3, 0.4) is 0 Å². The normalized spacial score (nSPS) is 12.4. The van der Waals surface area contributed by atoms with Crippen LogP contribution < -0.4 is 0 Å². The Kier molecular flexibility index (Phi) is 5.96. The summed E-state index contributed by atoms with van der Waals surface area (Å²) in [4.78, 5) is 0. The Hall–Kier alpha value is -8.02. The molecule has 9 aromatic carbocycles. The molecule has 0 fully saturated rings. The number of hydrogen-bond acceptors (Lipinski definition) is 2. The molecule has 59 heavy (non-hydrogen) atoms. The van der Waals surface area contributed by atoms with Gasteiger partial charge in [-0.1, -0.05) is 103 Å². The van der Waals surface area contributed by atoms with Gasteiger partial charge in [0.05, 0.1) is 33.1 Å². The Morgan fingerprint density at radius 2 is 0.678 bits per heavy atom. The summed E-state index contributed by atoms with van der Waals surface area (Å²) in [6, 6.07) is 67.7. The molecule has 0 radical (unpaired) electrons. The summed E-state index contributed by atoms with van der Waals surface area (Å²) < 4.78 is 19.9. The van der Waals surface area contributed by atoms with E-state index in [0.717, 1.165) is 83.0 Å². The lowest BCUT2D eigenvalue weighted by molar-refractivity contribution is 0.668. The molecule has 5 nitrogen and oxygen atoms in total. The van der Waals surface area contributed by atoms with Crippen LogP contribution in [0.4, 0.5) is 0 Å². The number of para-hydroxylation sites is 5. The molecular formula is C54H31N3O2. The Morgan fingerprint density at radius 1 is 0.254 bits per heavy atom. The fraction of sp³-hybridized carbons (Fsp3) is 0. The van der Waals surface area contributed by atoms with E-state index in [1.165, 1.54) is 43.4 Å². The van der Waals surface area contributed by atoms with E-state index in [1.807, 2.05) is 24.3 Å². The second-order valence-corrected chi connectivity index (χ2v) is 15.6. The molecule has 5 heterocycles. The van der Waals surface area contributed by atoms with Gasteiger partial charge in [0.25, 0.3) is 0 Å². The molecule has 0 saturated carbocycles. The SMILES string of the molecule is c1ccc(-n2c3c(ccc4c3c3ccccc3n4-c3ccc4oc5ccccc5c4c3)c3ccc4c(c5ccccc5n4-c4ccc5oc6ccccc6c5c4)c32)cc1. The van der Waals surface area contributed by atoms with Gasteiger partial charge < -0.3 is 22.5 Å². The third kappa shape index (κ3) is 4.08. The molecule has 14 aromatic rings. The minimum absolute atomic E-state index is 0.892. The maximum absolute atomic E-state index is 6.27. The summed E-state index contributed by atoms with van der Waals surface area (Å²) in [6.07, 6.45) is 0. The van der Waals surface area contributed by atoms with Crippen molar-refractivity contribution in [1.82, 2.24) is 13.7 Å². The van der Waals surface area contributed by atoms with E-state index in [9.17, 15) is 0 Å². The van der Waals surface area contributed by atoms with E-state index < -0.39 is 0 Å². The van der Waals surface area contributed by atoms with Gasteiger partial charge in [-0.15, -0.1) is 0 Å². The van der Waals surface area contributed by atoms with Gasteiger partial charge >= 0.3 is 0 Å².